The number of hydrogen-bond acceptors (Lipinski definition) is 7. The maximum absolute atomic E-state index is 12.0. The molecule has 1 heterocycles. The monoisotopic (exact) mass is 418 g/mol. The molecule has 2 N–H and O–H groups in total. The van der Waals surface area contributed by atoms with E-state index in [2.05, 4.69) is 20.8 Å². The fourth-order valence-electron chi connectivity index (χ4n) is 2.08. The molecule has 0 fully saturated rings. The quantitative estimate of drug-likeness (QED) is 0.567. The second-order valence-electron chi connectivity index (χ2n) is 5.39. The molecule has 2 amide bonds. The summed E-state index contributed by atoms with van der Waals surface area (Å²) in [7, 11) is 0. The molecule has 3 rings (SSSR count). The minimum Gasteiger partial charge on any atom is -0.356 e. The number of halogens is 1. The zero-order chi connectivity index (χ0) is 19.1. The van der Waals surface area contributed by atoms with Crippen molar-refractivity contribution in [2.24, 2.45) is 0 Å². The van der Waals surface area contributed by atoms with Crippen molar-refractivity contribution >= 4 is 51.6 Å². The molecule has 1 aromatic heterocycles. The smallest absolute Gasteiger partial charge is 0.257 e. The minimum absolute atomic E-state index is 0.0760. The summed E-state index contributed by atoms with van der Waals surface area (Å²) in [5.41, 5.74) is 1.52. The second-order valence-corrected chi connectivity index (χ2v) is 8.02. The van der Waals surface area contributed by atoms with E-state index in [1.807, 2.05) is 30.3 Å². The third kappa shape index (κ3) is 6.06. The summed E-state index contributed by atoms with van der Waals surface area (Å²) in [6, 6.07) is 16.3. The summed E-state index contributed by atoms with van der Waals surface area (Å²) in [6.07, 6.45) is 0. The molecule has 0 radical (unpaired) electrons. The summed E-state index contributed by atoms with van der Waals surface area (Å²) < 4.78 is 0.652. The van der Waals surface area contributed by atoms with E-state index in [0.29, 0.717) is 26.6 Å². The van der Waals surface area contributed by atoms with Gasteiger partial charge < -0.3 is 5.32 Å². The molecule has 2 aromatic carbocycles. The van der Waals surface area contributed by atoms with Crippen LogP contribution in [0.1, 0.15) is 15.9 Å². The van der Waals surface area contributed by atoms with Gasteiger partial charge in [-0.25, -0.2) is 0 Å². The Labute approximate surface area is 169 Å². The van der Waals surface area contributed by atoms with Crippen LogP contribution in [-0.4, -0.2) is 27.8 Å². The first-order chi connectivity index (χ1) is 13.1. The summed E-state index contributed by atoms with van der Waals surface area (Å²) >= 11 is 8.37. The molecule has 0 aliphatic carbocycles. The second kappa shape index (κ2) is 9.50. The van der Waals surface area contributed by atoms with E-state index in [1.165, 1.54) is 23.1 Å². The Bertz CT molecular complexity index is 917. The van der Waals surface area contributed by atoms with Crippen LogP contribution in [0.15, 0.2) is 58.9 Å². The maximum Gasteiger partial charge on any atom is 0.257 e. The molecular formula is C18H15ClN4O2S2. The molecule has 0 spiro atoms. The van der Waals surface area contributed by atoms with E-state index in [4.69, 9.17) is 11.6 Å². The predicted molar refractivity (Wildman–Crippen MR) is 108 cm³/mol. The third-order valence-electron chi connectivity index (χ3n) is 3.38. The lowest BCUT2D eigenvalue weighted by molar-refractivity contribution is -0.117. The molecular weight excluding hydrogens is 404 g/mol. The highest BCUT2D eigenvalue weighted by Crippen LogP contribution is 2.25. The third-order valence-corrected chi connectivity index (χ3v) is 5.65. The molecule has 0 atom stereocenters. The van der Waals surface area contributed by atoms with Crippen LogP contribution in [0, 0.1) is 0 Å². The number of rotatable bonds is 7. The highest BCUT2D eigenvalue weighted by Gasteiger charge is 2.12. The van der Waals surface area contributed by atoms with E-state index in [-0.39, 0.29) is 5.75 Å². The molecule has 9 heteroatoms. The van der Waals surface area contributed by atoms with Crippen LogP contribution in [-0.2, 0) is 11.3 Å². The number of imide groups is 1. The van der Waals surface area contributed by atoms with Crippen molar-refractivity contribution in [3.8, 4) is 0 Å². The number of thioether (sulfide) groups is 1. The van der Waals surface area contributed by atoms with Crippen LogP contribution < -0.4 is 10.6 Å². The fourth-order valence-corrected chi connectivity index (χ4v) is 3.75. The molecule has 0 unspecified atom stereocenters. The highest BCUT2D eigenvalue weighted by atomic mass is 35.5. The Morgan fingerprint density at radius 1 is 1.04 bits per heavy atom. The largest absolute Gasteiger partial charge is 0.356 e. The normalized spacial score (nSPS) is 10.4. The number of carbonyl (C=O) groups is 2. The molecule has 6 nitrogen and oxygen atoms in total. The highest BCUT2D eigenvalue weighted by molar-refractivity contribution is 8.01. The van der Waals surface area contributed by atoms with E-state index >= 15 is 0 Å². The van der Waals surface area contributed by atoms with Crippen LogP contribution in [0.25, 0.3) is 0 Å². The first kappa shape index (κ1) is 19.3. The van der Waals surface area contributed by atoms with E-state index in [9.17, 15) is 9.59 Å². The van der Waals surface area contributed by atoms with Crippen LogP contribution in [0.2, 0.25) is 5.02 Å². The Hall–Kier alpha value is -2.42. The molecule has 0 aliphatic rings. The first-order valence-corrected chi connectivity index (χ1v) is 10.1. The van der Waals surface area contributed by atoms with Gasteiger partial charge in [-0.3, -0.25) is 14.9 Å². The van der Waals surface area contributed by atoms with Crippen LogP contribution >= 0.6 is 34.7 Å². The van der Waals surface area contributed by atoms with Crippen molar-refractivity contribution < 1.29 is 9.59 Å². The maximum atomic E-state index is 12.0. The summed E-state index contributed by atoms with van der Waals surface area (Å²) in [5.74, 6) is -0.777. The van der Waals surface area contributed by atoms with E-state index in [1.54, 1.807) is 24.3 Å². The van der Waals surface area contributed by atoms with Gasteiger partial charge >= 0.3 is 0 Å². The minimum atomic E-state index is -0.459. The van der Waals surface area contributed by atoms with E-state index in [0.717, 1.165) is 5.56 Å². The zero-order valence-corrected chi connectivity index (χ0v) is 16.4. The van der Waals surface area contributed by atoms with Gasteiger partial charge in [0.15, 0.2) is 4.34 Å². The van der Waals surface area contributed by atoms with Gasteiger partial charge in [0.1, 0.15) is 0 Å². The molecule has 3 aromatic rings. The van der Waals surface area contributed by atoms with Crippen LogP contribution in [0.5, 0.6) is 0 Å². The van der Waals surface area contributed by atoms with Crippen LogP contribution in [0.4, 0.5) is 5.13 Å². The Morgan fingerprint density at radius 2 is 1.78 bits per heavy atom. The summed E-state index contributed by atoms with van der Waals surface area (Å²) in [5, 5.41) is 14.8. The first-order valence-electron chi connectivity index (χ1n) is 7.94. The predicted octanol–water partition coefficient (Wildman–Crippen LogP) is 3.85. The molecule has 0 saturated carbocycles. The number of amides is 2. The SMILES string of the molecule is O=C(CSc1nnc(NCc2ccccc2)s1)NC(=O)c1ccc(Cl)cc1. The number of carbonyl (C=O) groups excluding carboxylic acids is 2. The number of nitrogens with one attached hydrogen (secondary N) is 2. The Balaban J connectivity index is 1.44. The number of aromatic nitrogens is 2. The molecule has 27 heavy (non-hydrogen) atoms. The summed E-state index contributed by atoms with van der Waals surface area (Å²) in [6.45, 7) is 0.649. The standard InChI is InChI=1S/C18H15ClN4O2S2/c19-14-8-6-13(7-9-14)16(25)21-15(24)11-26-18-23-22-17(27-18)20-10-12-4-2-1-3-5-12/h1-9H,10-11H2,(H,20,22)(H,21,24,25). The molecule has 0 saturated heterocycles. The van der Waals surface area contributed by atoms with Gasteiger partial charge in [0.2, 0.25) is 11.0 Å². The lowest BCUT2D eigenvalue weighted by Gasteiger charge is -2.03. The number of anilines is 1. The van der Waals surface area contributed by atoms with Gasteiger partial charge in [-0.1, -0.05) is 65.0 Å². The number of hydrogen-bond donors (Lipinski definition) is 2. The van der Waals surface area contributed by atoms with Gasteiger partial charge in [0.25, 0.3) is 5.91 Å². The zero-order valence-electron chi connectivity index (χ0n) is 14.0. The van der Waals surface area contributed by atoms with Gasteiger partial charge in [-0.15, -0.1) is 10.2 Å². The lowest BCUT2D eigenvalue weighted by Crippen LogP contribution is -2.31. The van der Waals surface area contributed by atoms with Gasteiger partial charge in [0.05, 0.1) is 5.75 Å². The Kier molecular flexibility index (Phi) is 6.80. The van der Waals surface area contributed by atoms with Gasteiger partial charge in [-0.2, -0.15) is 0 Å². The number of benzene rings is 2. The average molecular weight is 419 g/mol. The number of nitrogens with zero attached hydrogens (tertiary/aromatic N) is 2. The van der Waals surface area contributed by atoms with Crippen molar-refractivity contribution in [3.05, 3.63) is 70.7 Å². The average Bonchev–Trinajstić information content (AvgIpc) is 3.14. The van der Waals surface area contributed by atoms with Crippen molar-refractivity contribution in [1.29, 1.82) is 0 Å². The van der Waals surface area contributed by atoms with Gasteiger partial charge in [0, 0.05) is 17.1 Å². The van der Waals surface area contributed by atoms with Crippen molar-refractivity contribution in [2.45, 2.75) is 10.9 Å². The van der Waals surface area contributed by atoms with Crippen molar-refractivity contribution in [3.63, 3.8) is 0 Å². The summed E-state index contributed by atoms with van der Waals surface area (Å²) in [4.78, 5) is 23.9. The van der Waals surface area contributed by atoms with Crippen molar-refractivity contribution in [2.75, 3.05) is 11.1 Å². The lowest BCUT2D eigenvalue weighted by atomic mass is 10.2. The molecule has 0 aliphatic heterocycles. The van der Waals surface area contributed by atoms with E-state index < -0.39 is 11.8 Å². The molecule has 138 valence electrons. The topological polar surface area (TPSA) is 84.0 Å². The van der Waals surface area contributed by atoms with Crippen LogP contribution in [0.3, 0.4) is 0 Å². The molecule has 0 bridgehead atoms. The van der Waals surface area contributed by atoms with Gasteiger partial charge in [-0.05, 0) is 29.8 Å². The fraction of sp³-hybridized carbons (Fsp3) is 0.111. The van der Waals surface area contributed by atoms with Crippen molar-refractivity contribution in [1.82, 2.24) is 15.5 Å². The Morgan fingerprint density at radius 3 is 2.52 bits per heavy atom.